The van der Waals surface area contributed by atoms with E-state index in [0.29, 0.717) is 6.04 Å². The molecule has 3 rings (SSSR count). The number of aryl methyl sites for hydroxylation is 2. The molecular weight excluding hydrogens is 266 g/mol. The minimum atomic E-state index is -0.890. The first kappa shape index (κ1) is 14.3. The van der Waals surface area contributed by atoms with Crippen LogP contribution in [0.25, 0.3) is 0 Å². The maximum atomic E-state index is 13.0. The summed E-state index contributed by atoms with van der Waals surface area (Å²) in [6, 6.07) is 6.84. The normalized spacial score (nSPS) is 29.4. The molecule has 1 fully saturated rings. The van der Waals surface area contributed by atoms with Crippen LogP contribution in [0.5, 0.6) is 0 Å². The molecule has 0 aliphatic heterocycles. The molecule has 2 aliphatic carbocycles. The third-order valence-corrected chi connectivity index (χ3v) is 6.95. The van der Waals surface area contributed by atoms with Gasteiger partial charge in [-0.15, -0.1) is 0 Å². The summed E-state index contributed by atoms with van der Waals surface area (Å²) in [6.45, 7) is 4.57. The van der Waals surface area contributed by atoms with Gasteiger partial charge in [0.1, 0.15) is 0 Å². The zero-order chi connectivity index (χ0) is 14.3. The topological polar surface area (TPSA) is 29.1 Å². The number of rotatable bonds is 3. The first-order valence-electron chi connectivity index (χ1n) is 7.72. The fourth-order valence-electron chi connectivity index (χ4n) is 4.00. The van der Waals surface area contributed by atoms with E-state index < -0.39 is 10.8 Å². The molecule has 1 aromatic rings. The lowest BCUT2D eigenvalue weighted by Gasteiger charge is -2.30. The van der Waals surface area contributed by atoms with E-state index in [1.807, 2.05) is 7.05 Å². The van der Waals surface area contributed by atoms with Crippen molar-refractivity contribution in [2.45, 2.75) is 62.1 Å². The number of hydrogen-bond acceptors (Lipinski definition) is 2. The van der Waals surface area contributed by atoms with E-state index in [9.17, 15) is 4.21 Å². The Bertz CT molecular complexity index is 538. The number of fused-ring (bicyclic) bond motifs is 1. The lowest BCUT2D eigenvalue weighted by Crippen LogP contribution is -2.44. The van der Waals surface area contributed by atoms with Crippen LogP contribution < -0.4 is 5.32 Å². The third kappa shape index (κ3) is 2.35. The maximum absolute atomic E-state index is 13.0. The quantitative estimate of drug-likeness (QED) is 0.927. The average Bonchev–Trinajstić information content (AvgIpc) is 3.00. The van der Waals surface area contributed by atoms with Crippen molar-refractivity contribution in [3.8, 4) is 0 Å². The first-order chi connectivity index (χ1) is 9.53. The molecule has 0 aromatic heterocycles. The molecule has 1 N–H and O–H groups in total. The van der Waals surface area contributed by atoms with Gasteiger partial charge in [-0.3, -0.25) is 4.21 Å². The molecule has 0 bridgehead atoms. The minimum Gasteiger partial charge on any atom is -0.315 e. The Morgan fingerprint density at radius 3 is 2.75 bits per heavy atom. The molecule has 0 amide bonds. The lowest BCUT2D eigenvalue weighted by molar-refractivity contribution is 0.299. The summed E-state index contributed by atoms with van der Waals surface area (Å²) in [4.78, 5) is 1.04. The summed E-state index contributed by atoms with van der Waals surface area (Å²) in [6.07, 6.45) is 5.81. The monoisotopic (exact) mass is 291 g/mol. The highest BCUT2D eigenvalue weighted by molar-refractivity contribution is 7.85. The Morgan fingerprint density at radius 1 is 1.25 bits per heavy atom. The van der Waals surface area contributed by atoms with Crippen LogP contribution in [-0.2, 0) is 23.6 Å². The van der Waals surface area contributed by atoms with Crippen molar-refractivity contribution < 1.29 is 4.21 Å². The van der Waals surface area contributed by atoms with Gasteiger partial charge < -0.3 is 5.32 Å². The fourth-order valence-corrected chi connectivity index (χ4v) is 5.89. The van der Waals surface area contributed by atoms with Gasteiger partial charge >= 0.3 is 0 Å². The molecule has 0 heterocycles. The van der Waals surface area contributed by atoms with Gasteiger partial charge in [0.2, 0.25) is 0 Å². The van der Waals surface area contributed by atoms with Crippen LogP contribution in [0.1, 0.15) is 44.2 Å². The summed E-state index contributed by atoms with van der Waals surface area (Å²) in [5, 5.41) is 3.66. The number of hydrogen-bond donors (Lipinski definition) is 1. The van der Waals surface area contributed by atoms with Gasteiger partial charge in [0.25, 0.3) is 0 Å². The third-order valence-electron chi connectivity index (χ3n) is 5.18. The average molecular weight is 291 g/mol. The highest BCUT2D eigenvalue weighted by atomic mass is 32.2. The molecule has 1 aromatic carbocycles. The molecule has 110 valence electrons. The van der Waals surface area contributed by atoms with Crippen LogP contribution in [0, 0.1) is 5.41 Å². The summed E-state index contributed by atoms with van der Waals surface area (Å²) >= 11 is 0. The Morgan fingerprint density at radius 2 is 2.00 bits per heavy atom. The predicted molar refractivity (Wildman–Crippen MR) is 84.5 cm³/mol. The lowest BCUT2D eigenvalue weighted by atomic mass is 9.87. The molecule has 0 spiro atoms. The van der Waals surface area contributed by atoms with Gasteiger partial charge in [0.15, 0.2) is 0 Å². The van der Waals surface area contributed by atoms with Crippen molar-refractivity contribution in [3.63, 3.8) is 0 Å². The highest BCUT2D eigenvalue weighted by Gasteiger charge is 2.44. The van der Waals surface area contributed by atoms with Gasteiger partial charge in [0.05, 0.1) is 16.0 Å². The van der Waals surface area contributed by atoms with Crippen LogP contribution in [0.3, 0.4) is 0 Å². The molecule has 2 nitrogen and oxygen atoms in total. The minimum absolute atomic E-state index is 0.242. The standard InChI is InChI=1S/C17H25NOS/c1-17(2)10-9-15(16(17)18-3)20(19)14-8-7-12-5-4-6-13(12)11-14/h7-8,11,15-16,18H,4-6,9-10H2,1-3H3. The molecular formula is C17H25NOS. The van der Waals surface area contributed by atoms with Gasteiger partial charge in [-0.05, 0) is 67.8 Å². The van der Waals surface area contributed by atoms with Crippen LogP contribution in [0.15, 0.2) is 23.1 Å². The van der Waals surface area contributed by atoms with E-state index in [-0.39, 0.29) is 10.7 Å². The Balaban J connectivity index is 1.86. The largest absolute Gasteiger partial charge is 0.315 e. The van der Waals surface area contributed by atoms with Crippen molar-refractivity contribution in [1.82, 2.24) is 5.32 Å². The summed E-state index contributed by atoms with van der Waals surface area (Å²) < 4.78 is 13.0. The molecule has 3 atom stereocenters. The van der Waals surface area contributed by atoms with Gasteiger partial charge in [-0.25, -0.2) is 0 Å². The van der Waals surface area contributed by atoms with E-state index in [0.717, 1.165) is 24.2 Å². The van der Waals surface area contributed by atoms with E-state index in [1.54, 1.807) is 0 Å². The van der Waals surface area contributed by atoms with Gasteiger partial charge in [0, 0.05) is 10.9 Å². The zero-order valence-corrected chi connectivity index (χ0v) is 13.6. The second-order valence-corrected chi connectivity index (χ2v) is 8.59. The van der Waals surface area contributed by atoms with E-state index in [1.165, 1.54) is 24.0 Å². The predicted octanol–water partition coefficient (Wildman–Crippen LogP) is 3.06. The second kappa shape index (κ2) is 5.27. The SMILES string of the molecule is CNC1C(S(=O)c2ccc3c(c2)CCC3)CCC1(C)C. The Kier molecular flexibility index (Phi) is 3.76. The second-order valence-electron chi connectivity index (χ2n) is 6.91. The van der Waals surface area contributed by atoms with Crippen LogP contribution in [-0.4, -0.2) is 22.5 Å². The molecule has 20 heavy (non-hydrogen) atoms. The fraction of sp³-hybridized carbons (Fsp3) is 0.647. The number of nitrogens with one attached hydrogen (secondary N) is 1. The summed E-state index contributed by atoms with van der Waals surface area (Å²) in [7, 11) is 1.11. The Hall–Kier alpha value is -0.670. The first-order valence-corrected chi connectivity index (χ1v) is 8.94. The van der Waals surface area contributed by atoms with Gasteiger partial charge in [-0.1, -0.05) is 19.9 Å². The van der Waals surface area contributed by atoms with Crippen LogP contribution >= 0.6 is 0 Å². The van der Waals surface area contributed by atoms with Crippen molar-refractivity contribution >= 4 is 10.8 Å². The zero-order valence-electron chi connectivity index (χ0n) is 12.7. The van der Waals surface area contributed by atoms with Crippen molar-refractivity contribution in [2.24, 2.45) is 5.41 Å². The molecule has 3 heteroatoms. The summed E-state index contributed by atoms with van der Waals surface area (Å²) in [5.74, 6) is 0. The molecule has 2 aliphatic rings. The molecule has 0 radical (unpaired) electrons. The van der Waals surface area contributed by atoms with E-state index in [4.69, 9.17) is 0 Å². The van der Waals surface area contributed by atoms with Crippen LogP contribution in [0.4, 0.5) is 0 Å². The Labute approximate surface area is 124 Å². The highest BCUT2D eigenvalue weighted by Crippen LogP contribution is 2.41. The van der Waals surface area contributed by atoms with Gasteiger partial charge in [-0.2, -0.15) is 0 Å². The molecule has 0 saturated heterocycles. The van der Waals surface area contributed by atoms with E-state index in [2.05, 4.69) is 37.4 Å². The number of benzene rings is 1. The smallest absolute Gasteiger partial charge is 0.0576 e. The van der Waals surface area contributed by atoms with E-state index >= 15 is 0 Å². The van der Waals surface area contributed by atoms with Crippen molar-refractivity contribution in [3.05, 3.63) is 29.3 Å². The summed E-state index contributed by atoms with van der Waals surface area (Å²) in [5.41, 5.74) is 3.13. The molecule has 1 saturated carbocycles. The van der Waals surface area contributed by atoms with Crippen LogP contribution in [0.2, 0.25) is 0 Å². The van der Waals surface area contributed by atoms with Crippen molar-refractivity contribution in [2.75, 3.05) is 7.05 Å². The van der Waals surface area contributed by atoms with Crippen molar-refractivity contribution in [1.29, 1.82) is 0 Å². The molecule has 3 unspecified atom stereocenters. The maximum Gasteiger partial charge on any atom is 0.0576 e.